The first kappa shape index (κ1) is 20.9. The molecule has 0 atom stereocenters. The van der Waals surface area contributed by atoms with Crippen LogP contribution in [0, 0.1) is 0 Å². The molecule has 2 N–H and O–H groups in total. The lowest BCUT2D eigenvalue weighted by molar-refractivity contribution is 0.203. The van der Waals surface area contributed by atoms with E-state index in [4.69, 9.17) is 4.74 Å². The number of hydrogen-bond donors (Lipinski definition) is 2. The molecule has 0 saturated carbocycles. The summed E-state index contributed by atoms with van der Waals surface area (Å²) in [4.78, 5) is 5.15. The molecule has 0 aromatic carbocycles. The Balaban J connectivity index is 2.55. The van der Waals surface area contributed by atoms with Crippen molar-refractivity contribution in [3.8, 4) is 0 Å². The third-order valence-corrected chi connectivity index (χ3v) is 7.08. The van der Waals surface area contributed by atoms with E-state index in [-0.39, 0.29) is 0 Å². The van der Waals surface area contributed by atoms with Gasteiger partial charge in [0.1, 0.15) is 4.21 Å². The Bertz CT molecular complexity index is 610. The number of thiophene rings is 1. The maximum atomic E-state index is 12.5. The highest BCUT2D eigenvalue weighted by Crippen LogP contribution is 2.25. The van der Waals surface area contributed by atoms with Crippen LogP contribution in [0.4, 0.5) is 0 Å². The molecule has 7 nitrogen and oxygen atoms in total. The molecule has 9 heteroatoms. The number of guanidine groups is 1. The second-order valence-electron chi connectivity index (χ2n) is 4.98. The molecule has 138 valence electrons. The highest BCUT2D eigenvalue weighted by atomic mass is 32.2. The predicted molar refractivity (Wildman–Crippen MR) is 99.4 cm³/mol. The molecule has 0 aliphatic rings. The largest absolute Gasteiger partial charge is 0.383 e. The second-order valence-corrected chi connectivity index (χ2v) is 8.31. The van der Waals surface area contributed by atoms with E-state index in [0.717, 1.165) is 11.3 Å². The first-order valence-electron chi connectivity index (χ1n) is 8.01. The molecule has 0 fully saturated rings. The van der Waals surface area contributed by atoms with Gasteiger partial charge in [0, 0.05) is 45.2 Å². The Morgan fingerprint density at radius 2 is 1.92 bits per heavy atom. The Morgan fingerprint density at radius 3 is 2.50 bits per heavy atom. The molecule has 1 heterocycles. The van der Waals surface area contributed by atoms with Gasteiger partial charge in [-0.3, -0.25) is 4.99 Å². The Morgan fingerprint density at radius 1 is 1.25 bits per heavy atom. The number of nitrogens with one attached hydrogen (secondary N) is 2. The lowest BCUT2D eigenvalue weighted by Gasteiger charge is -2.16. The fraction of sp³-hybridized carbons (Fsp3) is 0.667. The fourth-order valence-corrected chi connectivity index (χ4v) is 5.09. The average Bonchev–Trinajstić information content (AvgIpc) is 3.04. The smallest absolute Gasteiger partial charge is 0.252 e. The minimum Gasteiger partial charge on any atom is -0.383 e. The van der Waals surface area contributed by atoms with Crippen molar-refractivity contribution in [1.29, 1.82) is 0 Å². The summed E-state index contributed by atoms with van der Waals surface area (Å²) >= 11 is 1.33. The Labute approximate surface area is 149 Å². The van der Waals surface area contributed by atoms with E-state index in [0.29, 0.717) is 43.0 Å². The van der Waals surface area contributed by atoms with Gasteiger partial charge < -0.3 is 15.4 Å². The minimum atomic E-state index is -3.36. The summed E-state index contributed by atoms with van der Waals surface area (Å²) < 4.78 is 31.8. The maximum Gasteiger partial charge on any atom is 0.252 e. The molecule has 0 aliphatic carbocycles. The van der Waals surface area contributed by atoms with Crippen molar-refractivity contribution < 1.29 is 13.2 Å². The van der Waals surface area contributed by atoms with E-state index in [1.807, 2.05) is 19.9 Å². The van der Waals surface area contributed by atoms with Crippen molar-refractivity contribution in [3.63, 3.8) is 0 Å². The fourth-order valence-electron chi connectivity index (χ4n) is 2.12. The van der Waals surface area contributed by atoms with Gasteiger partial charge in [0.2, 0.25) is 0 Å². The van der Waals surface area contributed by atoms with E-state index >= 15 is 0 Å². The number of sulfonamides is 1. The Kier molecular flexibility index (Phi) is 9.27. The molecular weight excluding hydrogens is 348 g/mol. The molecule has 1 aromatic heterocycles. The molecule has 0 aliphatic heterocycles. The zero-order valence-corrected chi connectivity index (χ0v) is 16.5. The van der Waals surface area contributed by atoms with Crippen LogP contribution in [0.2, 0.25) is 0 Å². The highest BCUT2D eigenvalue weighted by molar-refractivity contribution is 7.91. The molecule has 0 spiro atoms. The van der Waals surface area contributed by atoms with Crippen LogP contribution in [0.1, 0.15) is 18.7 Å². The average molecular weight is 377 g/mol. The minimum absolute atomic E-state index is 0.406. The van der Waals surface area contributed by atoms with Gasteiger partial charge in [-0.05, 0) is 18.6 Å². The zero-order valence-electron chi connectivity index (χ0n) is 14.8. The number of rotatable bonds is 10. The first-order chi connectivity index (χ1) is 11.5. The van der Waals surface area contributed by atoms with Gasteiger partial charge in [0.05, 0.1) is 6.61 Å². The topological polar surface area (TPSA) is 83.0 Å². The van der Waals surface area contributed by atoms with Gasteiger partial charge >= 0.3 is 0 Å². The number of aliphatic imine (C=N–C) groups is 1. The summed E-state index contributed by atoms with van der Waals surface area (Å²) in [5.74, 6) is 0.708. The summed E-state index contributed by atoms with van der Waals surface area (Å²) in [7, 11) is 0.00180. The van der Waals surface area contributed by atoms with Gasteiger partial charge in [0.15, 0.2) is 5.96 Å². The van der Waals surface area contributed by atoms with Crippen molar-refractivity contribution in [2.45, 2.75) is 24.5 Å². The number of hydrogen-bond acceptors (Lipinski definition) is 5. The quantitative estimate of drug-likeness (QED) is 0.363. The van der Waals surface area contributed by atoms with Crippen LogP contribution in [0.25, 0.3) is 0 Å². The van der Waals surface area contributed by atoms with Crippen LogP contribution in [-0.4, -0.2) is 65.6 Å². The molecule has 24 heavy (non-hydrogen) atoms. The molecule has 0 radical (unpaired) electrons. The van der Waals surface area contributed by atoms with E-state index in [9.17, 15) is 8.42 Å². The van der Waals surface area contributed by atoms with Crippen LogP contribution >= 0.6 is 11.3 Å². The van der Waals surface area contributed by atoms with Crippen LogP contribution in [0.5, 0.6) is 0 Å². The third-order valence-electron chi connectivity index (χ3n) is 3.42. The summed E-state index contributed by atoms with van der Waals surface area (Å²) in [6.07, 6.45) is 0.739. The monoisotopic (exact) mass is 376 g/mol. The summed E-state index contributed by atoms with van der Waals surface area (Å²) in [6, 6.07) is 3.57. The number of ether oxygens (including phenoxy) is 1. The normalized spacial score (nSPS) is 12.6. The van der Waals surface area contributed by atoms with Gasteiger partial charge in [-0.1, -0.05) is 13.8 Å². The SMILES string of the molecule is CCN(CC)S(=O)(=O)c1ccc(CCNC(=NC)NCCOC)s1. The lowest BCUT2D eigenvalue weighted by atomic mass is 10.3. The van der Waals surface area contributed by atoms with Crippen molar-refractivity contribution >= 4 is 27.3 Å². The predicted octanol–water partition coefficient (Wildman–Crippen LogP) is 1.13. The van der Waals surface area contributed by atoms with Crippen molar-refractivity contribution in [2.75, 3.05) is 46.9 Å². The molecule has 0 bridgehead atoms. The van der Waals surface area contributed by atoms with Crippen LogP contribution < -0.4 is 10.6 Å². The van der Waals surface area contributed by atoms with Crippen molar-refractivity contribution in [2.24, 2.45) is 4.99 Å². The number of nitrogens with zero attached hydrogens (tertiary/aromatic N) is 2. The van der Waals surface area contributed by atoms with Crippen molar-refractivity contribution in [1.82, 2.24) is 14.9 Å². The van der Waals surface area contributed by atoms with Crippen LogP contribution in [0.3, 0.4) is 0 Å². The van der Waals surface area contributed by atoms with Crippen molar-refractivity contribution in [3.05, 3.63) is 17.0 Å². The van der Waals surface area contributed by atoms with Gasteiger partial charge in [-0.15, -0.1) is 11.3 Å². The standard InChI is InChI=1S/C15H28N4O3S2/c1-5-19(6-2)24(20,21)14-8-7-13(23-14)9-10-17-15(16-3)18-11-12-22-4/h7-8H,5-6,9-12H2,1-4H3,(H2,16,17,18). The first-order valence-corrected chi connectivity index (χ1v) is 10.3. The van der Waals surface area contributed by atoms with Crippen LogP contribution in [-0.2, 0) is 21.2 Å². The van der Waals surface area contributed by atoms with Gasteiger partial charge in [-0.2, -0.15) is 4.31 Å². The summed E-state index contributed by atoms with van der Waals surface area (Å²) in [5.41, 5.74) is 0. The zero-order chi connectivity index (χ0) is 18.0. The molecular formula is C15H28N4O3S2. The van der Waals surface area contributed by atoms with Crippen LogP contribution in [0.15, 0.2) is 21.3 Å². The van der Waals surface area contributed by atoms with E-state index < -0.39 is 10.0 Å². The van der Waals surface area contributed by atoms with Gasteiger partial charge in [-0.25, -0.2) is 8.42 Å². The molecule has 0 saturated heterocycles. The Hall–Kier alpha value is -1.16. The molecule has 0 unspecified atom stereocenters. The second kappa shape index (κ2) is 10.7. The third kappa shape index (κ3) is 6.04. The summed E-state index contributed by atoms with van der Waals surface area (Å²) in [6.45, 7) is 6.63. The highest BCUT2D eigenvalue weighted by Gasteiger charge is 2.23. The maximum absolute atomic E-state index is 12.5. The van der Waals surface area contributed by atoms with E-state index in [2.05, 4.69) is 15.6 Å². The number of methoxy groups -OCH3 is 1. The lowest BCUT2D eigenvalue weighted by Crippen LogP contribution is -2.39. The van der Waals surface area contributed by atoms with Gasteiger partial charge in [0.25, 0.3) is 10.0 Å². The molecule has 1 rings (SSSR count). The van der Waals surface area contributed by atoms with E-state index in [1.54, 1.807) is 20.2 Å². The molecule has 0 amide bonds. The van der Waals surface area contributed by atoms with E-state index in [1.165, 1.54) is 15.6 Å². The molecule has 1 aromatic rings. The summed E-state index contributed by atoms with van der Waals surface area (Å²) in [5, 5.41) is 6.33.